The molecule has 1 heterocycles. The molecule has 0 atom stereocenters. The molecule has 1 aliphatic heterocycles. The van der Waals surface area contributed by atoms with E-state index in [2.05, 4.69) is 24.0 Å². The van der Waals surface area contributed by atoms with Gasteiger partial charge < -0.3 is 14.7 Å². The second-order valence-electron chi connectivity index (χ2n) is 8.31. The van der Waals surface area contributed by atoms with Gasteiger partial charge in [-0.1, -0.05) is 49.7 Å². The number of ether oxygens (including phenoxy) is 1. The van der Waals surface area contributed by atoms with Gasteiger partial charge in [-0.25, -0.2) is 0 Å². The molecule has 0 bridgehead atoms. The minimum Gasteiger partial charge on any atom is -0.494 e. The lowest BCUT2D eigenvalue weighted by molar-refractivity contribution is -0.125. The van der Waals surface area contributed by atoms with Gasteiger partial charge >= 0.3 is 0 Å². The van der Waals surface area contributed by atoms with Crippen LogP contribution in [0.4, 0.5) is 5.69 Å². The summed E-state index contributed by atoms with van der Waals surface area (Å²) in [5.74, 6) is 0.702. The summed E-state index contributed by atoms with van der Waals surface area (Å²) in [6.07, 6.45) is 3.45. The molecule has 0 unspecified atom stereocenters. The first kappa shape index (κ1) is 22.3. The van der Waals surface area contributed by atoms with Crippen molar-refractivity contribution in [1.29, 1.82) is 0 Å². The lowest BCUT2D eigenvalue weighted by Gasteiger charge is -2.38. The predicted octanol–water partition coefficient (Wildman–Crippen LogP) is 4.25. The lowest BCUT2D eigenvalue weighted by Crippen LogP contribution is -2.47. The molecule has 2 aromatic rings. The van der Waals surface area contributed by atoms with E-state index in [-0.39, 0.29) is 12.3 Å². The number of amides is 1. The average molecular weight is 411 g/mol. The van der Waals surface area contributed by atoms with Crippen molar-refractivity contribution in [2.45, 2.75) is 51.2 Å². The van der Waals surface area contributed by atoms with Crippen molar-refractivity contribution in [3.63, 3.8) is 0 Å². The number of rotatable bonds is 9. The fraction of sp³-hybridized carbons (Fsp3) is 0.480. The van der Waals surface area contributed by atoms with Crippen LogP contribution in [-0.4, -0.2) is 48.3 Å². The third-order valence-corrected chi connectivity index (χ3v) is 5.86. The zero-order chi connectivity index (χ0) is 21.4. The van der Waals surface area contributed by atoms with E-state index in [1.165, 1.54) is 5.56 Å². The molecule has 0 spiro atoms. The largest absolute Gasteiger partial charge is 0.494 e. The van der Waals surface area contributed by atoms with E-state index in [4.69, 9.17) is 4.74 Å². The summed E-state index contributed by atoms with van der Waals surface area (Å²) in [7, 11) is 1.77. The van der Waals surface area contributed by atoms with Crippen molar-refractivity contribution in [2.24, 2.45) is 0 Å². The summed E-state index contributed by atoms with van der Waals surface area (Å²) in [5.41, 5.74) is 1.13. The van der Waals surface area contributed by atoms with E-state index in [9.17, 15) is 9.90 Å². The quantitative estimate of drug-likeness (QED) is 0.628. The van der Waals surface area contributed by atoms with E-state index < -0.39 is 5.60 Å². The number of carbonyl (C=O) groups is 1. The van der Waals surface area contributed by atoms with Gasteiger partial charge in [0.1, 0.15) is 5.75 Å². The number of likely N-dealkylation sites (tertiary alicyclic amines) is 1. The summed E-state index contributed by atoms with van der Waals surface area (Å²) < 4.78 is 5.75. The molecule has 1 N–H and O–H groups in total. The van der Waals surface area contributed by atoms with E-state index >= 15 is 0 Å². The van der Waals surface area contributed by atoms with E-state index in [1.54, 1.807) is 11.9 Å². The lowest BCUT2D eigenvalue weighted by atomic mass is 9.87. The number of unbranched alkanes of at least 4 members (excludes halogenated alkanes) is 1. The van der Waals surface area contributed by atoms with Crippen molar-refractivity contribution < 1.29 is 14.6 Å². The normalized spacial score (nSPS) is 16.2. The first-order valence-electron chi connectivity index (χ1n) is 11.0. The van der Waals surface area contributed by atoms with Crippen molar-refractivity contribution in [3.05, 3.63) is 60.2 Å². The maximum absolute atomic E-state index is 12.9. The Balaban J connectivity index is 1.52. The number of benzene rings is 2. The number of piperidine rings is 1. The molecule has 0 aliphatic carbocycles. The molecule has 5 heteroatoms. The number of hydrogen-bond acceptors (Lipinski definition) is 4. The van der Waals surface area contributed by atoms with Crippen LogP contribution in [0.25, 0.3) is 0 Å². The molecule has 162 valence electrons. The van der Waals surface area contributed by atoms with Gasteiger partial charge in [-0.05, 0) is 37.0 Å². The maximum atomic E-state index is 12.9. The highest BCUT2D eigenvalue weighted by Gasteiger charge is 2.35. The second kappa shape index (κ2) is 10.6. The first-order valence-corrected chi connectivity index (χ1v) is 11.0. The number of hydrogen-bond donors (Lipinski definition) is 1. The minimum atomic E-state index is -0.937. The van der Waals surface area contributed by atoms with Crippen LogP contribution in [0.3, 0.4) is 0 Å². The Morgan fingerprint density at radius 3 is 2.57 bits per heavy atom. The highest BCUT2D eigenvalue weighted by atomic mass is 16.5. The number of anilines is 1. The fourth-order valence-corrected chi connectivity index (χ4v) is 3.81. The van der Waals surface area contributed by atoms with Gasteiger partial charge in [-0.2, -0.15) is 0 Å². The van der Waals surface area contributed by atoms with Crippen LogP contribution in [0.1, 0.15) is 44.6 Å². The molecule has 0 radical (unpaired) electrons. The SMILES string of the molecule is CCCCOc1cccc(N(C)C(=O)CC2(O)CCN(Cc3ccccc3)CC2)c1. The predicted molar refractivity (Wildman–Crippen MR) is 121 cm³/mol. The first-order chi connectivity index (χ1) is 14.5. The Morgan fingerprint density at radius 1 is 1.13 bits per heavy atom. The molecule has 1 fully saturated rings. The van der Waals surface area contributed by atoms with Crippen molar-refractivity contribution in [1.82, 2.24) is 4.90 Å². The molecule has 30 heavy (non-hydrogen) atoms. The molecule has 5 nitrogen and oxygen atoms in total. The monoisotopic (exact) mass is 410 g/mol. The molecule has 0 aromatic heterocycles. The Labute approximate surface area is 180 Å². The Hall–Kier alpha value is -2.37. The summed E-state index contributed by atoms with van der Waals surface area (Å²) >= 11 is 0. The Bertz CT molecular complexity index is 801. The highest BCUT2D eigenvalue weighted by molar-refractivity contribution is 5.93. The summed E-state index contributed by atoms with van der Waals surface area (Å²) in [6, 6.07) is 18.0. The fourth-order valence-electron chi connectivity index (χ4n) is 3.81. The average Bonchev–Trinajstić information content (AvgIpc) is 2.76. The van der Waals surface area contributed by atoms with E-state index in [0.717, 1.165) is 43.9 Å². The summed E-state index contributed by atoms with van der Waals surface area (Å²) in [4.78, 5) is 16.8. The van der Waals surface area contributed by atoms with Gasteiger partial charge in [-0.3, -0.25) is 9.69 Å². The van der Waals surface area contributed by atoms with Crippen molar-refractivity contribution in [2.75, 3.05) is 31.6 Å². The summed E-state index contributed by atoms with van der Waals surface area (Å²) in [6.45, 7) is 5.28. The molecular weight excluding hydrogens is 376 g/mol. The molecular formula is C25H34N2O3. The molecule has 0 saturated carbocycles. The molecule has 1 aliphatic rings. The van der Waals surface area contributed by atoms with Crippen molar-refractivity contribution in [3.8, 4) is 5.75 Å². The number of nitrogens with zero attached hydrogens (tertiary/aromatic N) is 2. The topological polar surface area (TPSA) is 53.0 Å². The minimum absolute atomic E-state index is 0.0697. The third-order valence-electron chi connectivity index (χ3n) is 5.86. The number of aliphatic hydroxyl groups is 1. The maximum Gasteiger partial charge on any atom is 0.229 e. The zero-order valence-corrected chi connectivity index (χ0v) is 18.2. The van der Waals surface area contributed by atoms with Crippen molar-refractivity contribution >= 4 is 11.6 Å². The van der Waals surface area contributed by atoms with Gasteiger partial charge in [-0.15, -0.1) is 0 Å². The van der Waals surface area contributed by atoms with Crippen LogP contribution in [-0.2, 0) is 11.3 Å². The van der Waals surface area contributed by atoms with Gasteiger partial charge in [0.2, 0.25) is 5.91 Å². The van der Waals surface area contributed by atoms with Gasteiger partial charge in [0.25, 0.3) is 0 Å². The molecule has 1 saturated heterocycles. The Kier molecular flexibility index (Phi) is 7.88. The van der Waals surface area contributed by atoms with Crippen LogP contribution in [0.2, 0.25) is 0 Å². The Morgan fingerprint density at radius 2 is 1.87 bits per heavy atom. The molecule has 1 amide bonds. The van der Waals surface area contributed by atoms with E-state index in [1.807, 2.05) is 42.5 Å². The van der Waals surface area contributed by atoms with Crippen LogP contribution in [0, 0.1) is 0 Å². The van der Waals surface area contributed by atoms with Gasteiger partial charge in [0, 0.05) is 38.4 Å². The van der Waals surface area contributed by atoms with Crippen LogP contribution < -0.4 is 9.64 Å². The third kappa shape index (κ3) is 6.31. The summed E-state index contributed by atoms with van der Waals surface area (Å²) in [5, 5.41) is 11.0. The van der Waals surface area contributed by atoms with Crippen LogP contribution >= 0.6 is 0 Å². The molecule has 2 aromatic carbocycles. The van der Waals surface area contributed by atoms with E-state index in [0.29, 0.717) is 19.4 Å². The van der Waals surface area contributed by atoms with Crippen LogP contribution in [0.15, 0.2) is 54.6 Å². The molecule has 3 rings (SSSR count). The smallest absolute Gasteiger partial charge is 0.229 e. The zero-order valence-electron chi connectivity index (χ0n) is 18.2. The second-order valence-corrected chi connectivity index (χ2v) is 8.31. The van der Waals surface area contributed by atoms with Gasteiger partial charge in [0.05, 0.1) is 18.6 Å². The highest BCUT2D eigenvalue weighted by Crippen LogP contribution is 2.29. The van der Waals surface area contributed by atoms with Gasteiger partial charge in [0.15, 0.2) is 0 Å². The standard InChI is InChI=1S/C25H34N2O3/c1-3-4-17-30-23-12-8-11-22(18-23)26(2)24(28)19-25(29)13-15-27(16-14-25)20-21-9-6-5-7-10-21/h5-12,18,29H,3-4,13-17,19-20H2,1-2H3. The van der Waals surface area contributed by atoms with Crippen LogP contribution in [0.5, 0.6) is 5.75 Å². The number of carbonyl (C=O) groups excluding carboxylic acids is 1.